The van der Waals surface area contributed by atoms with E-state index in [-0.39, 0.29) is 12.6 Å². The minimum Gasteiger partial charge on any atom is -0.395 e. The number of nitrogens with one attached hydrogen (secondary N) is 2. The lowest BCUT2D eigenvalue weighted by atomic mass is 10.1. The van der Waals surface area contributed by atoms with Crippen molar-refractivity contribution in [3.05, 3.63) is 36.3 Å². The SMILES string of the molecule is C[C@H](CO)NCc1cn[nH]c1-c1cccnc1. The van der Waals surface area contributed by atoms with Crippen LogP contribution in [0.25, 0.3) is 11.3 Å². The number of aliphatic hydroxyl groups is 1. The van der Waals surface area contributed by atoms with Crippen LogP contribution in [-0.2, 0) is 6.54 Å². The maximum Gasteiger partial charge on any atom is 0.0710 e. The standard InChI is InChI=1S/C12H16N4O/c1-9(8-17)14-6-11-7-15-16-12(11)10-3-2-4-13-5-10/h2-5,7,9,14,17H,6,8H2,1H3,(H,15,16)/t9-/m1/s1. The molecule has 0 bridgehead atoms. The summed E-state index contributed by atoms with van der Waals surface area (Å²) in [7, 11) is 0. The number of aromatic nitrogens is 3. The first-order chi connectivity index (χ1) is 8.31. The van der Waals surface area contributed by atoms with Gasteiger partial charge in [-0.05, 0) is 19.1 Å². The third-order valence-corrected chi connectivity index (χ3v) is 2.58. The zero-order chi connectivity index (χ0) is 12.1. The van der Waals surface area contributed by atoms with E-state index < -0.39 is 0 Å². The van der Waals surface area contributed by atoms with Crippen molar-refractivity contribution in [3.63, 3.8) is 0 Å². The van der Waals surface area contributed by atoms with E-state index >= 15 is 0 Å². The molecule has 3 N–H and O–H groups in total. The van der Waals surface area contributed by atoms with E-state index in [4.69, 9.17) is 5.11 Å². The smallest absolute Gasteiger partial charge is 0.0710 e. The summed E-state index contributed by atoms with van der Waals surface area (Å²) in [5.41, 5.74) is 3.05. The summed E-state index contributed by atoms with van der Waals surface area (Å²) < 4.78 is 0. The van der Waals surface area contributed by atoms with Crippen molar-refractivity contribution in [3.8, 4) is 11.3 Å². The molecule has 2 aromatic heterocycles. The molecule has 0 aliphatic heterocycles. The molecule has 5 heteroatoms. The van der Waals surface area contributed by atoms with Crippen molar-refractivity contribution in [1.29, 1.82) is 0 Å². The van der Waals surface area contributed by atoms with Crippen molar-refractivity contribution in [2.75, 3.05) is 6.61 Å². The van der Waals surface area contributed by atoms with Crippen LogP contribution in [0.2, 0.25) is 0 Å². The number of rotatable bonds is 5. The third-order valence-electron chi connectivity index (χ3n) is 2.58. The van der Waals surface area contributed by atoms with E-state index in [1.807, 2.05) is 19.1 Å². The molecule has 90 valence electrons. The molecule has 1 atom stereocenters. The number of H-pyrrole nitrogens is 1. The zero-order valence-electron chi connectivity index (χ0n) is 9.72. The maximum absolute atomic E-state index is 8.95. The maximum atomic E-state index is 8.95. The van der Waals surface area contributed by atoms with Crippen molar-refractivity contribution in [1.82, 2.24) is 20.5 Å². The molecule has 2 heterocycles. The quantitative estimate of drug-likeness (QED) is 0.717. The molecule has 0 aromatic carbocycles. The second-order valence-corrected chi connectivity index (χ2v) is 3.98. The number of nitrogens with zero attached hydrogens (tertiary/aromatic N) is 2. The molecule has 0 saturated heterocycles. The minimum absolute atomic E-state index is 0.0756. The predicted octanol–water partition coefficient (Wildman–Crippen LogP) is 0.942. The molecule has 0 spiro atoms. The molecule has 0 fully saturated rings. The average molecular weight is 232 g/mol. The lowest BCUT2D eigenvalue weighted by molar-refractivity contribution is 0.251. The highest BCUT2D eigenvalue weighted by molar-refractivity contribution is 5.61. The Bertz CT molecular complexity index is 455. The second-order valence-electron chi connectivity index (χ2n) is 3.98. The normalized spacial score (nSPS) is 12.6. The zero-order valence-corrected chi connectivity index (χ0v) is 9.72. The first kappa shape index (κ1) is 11.8. The summed E-state index contributed by atoms with van der Waals surface area (Å²) in [4.78, 5) is 4.08. The Morgan fingerprint density at radius 1 is 1.47 bits per heavy atom. The van der Waals surface area contributed by atoms with E-state index in [0.717, 1.165) is 16.8 Å². The van der Waals surface area contributed by atoms with Gasteiger partial charge in [0.05, 0.1) is 18.5 Å². The molecule has 0 saturated carbocycles. The topological polar surface area (TPSA) is 73.8 Å². The van der Waals surface area contributed by atoms with Gasteiger partial charge in [0.1, 0.15) is 0 Å². The highest BCUT2D eigenvalue weighted by Crippen LogP contribution is 2.19. The average Bonchev–Trinajstić information content (AvgIpc) is 2.85. The molecule has 2 rings (SSSR count). The van der Waals surface area contributed by atoms with Crippen LogP contribution >= 0.6 is 0 Å². The molecule has 5 nitrogen and oxygen atoms in total. The van der Waals surface area contributed by atoms with Gasteiger partial charge in [-0.15, -0.1) is 0 Å². The van der Waals surface area contributed by atoms with Crippen molar-refractivity contribution in [2.24, 2.45) is 0 Å². The van der Waals surface area contributed by atoms with Crippen LogP contribution in [0.1, 0.15) is 12.5 Å². The van der Waals surface area contributed by atoms with Gasteiger partial charge in [-0.1, -0.05) is 0 Å². The monoisotopic (exact) mass is 232 g/mol. The Labute approximate surface area is 99.9 Å². The Hall–Kier alpha value is -1.72. The van der Waals surface area contributed by atoms with Crippen molar-refractivity contribution in [2.45, 2.75) is 19.5 Å². The number of aliphatic hydroxyl groups excluding tert-OH is 1. The summed E-state index contributed by atoms with van der Waals surface area (Å²) in [5.74, 6) is 0. The van der Waals surface area contributed by atoms with Crippen LogP contribution in [-0.4, -0.2) is 32.9 Å². The summed E-state index contributed by atoms with van der Waals surface area (Å²) in [6, 6.07) is 3.95. The lowest BCUT2D eigenvalue weighted by Gasteiger charge is -2.10. The van der Waals surface area contributed by atoms with E-state index in [2.05, 4.69) is 20.5 Å². The van der Waals surface area contributed by atoms with Gasteiger partial charge in [0, 0.05) is 36.1 Å². The Balaban J connectivity index is 2.12. The number of aromatic amines is 1. The van der Waals surface area contributed by atoms with E-state index in [9.17, 15) is 0 Å². The molecule has 0 amide bonds. The fourth-order valence-corrected chi connectivity index (χ4v) is 1.55. The van der Waals surface area contributed by atoms with E-state index in [0.29, 0.717) is 6.54 Å². The van der Waals surface area contributed by atoms with E-state index in [1.54, 1.807) is 18.6 Å². The van der Waals surface area contributed by atoms with Crippen LogP contribution in [0.15, 0.2) is 30.7 Å². The molecule has 0 aliphatic rings. The number of hydrogen-bond acceptors (Lipinski definition) is 4. The first-order valence-electron chi connectivity index (χ1n) is 5.58. The summed E-state index contributed by atoms with van der Waals surface area (Å²) in [5, 5.41) is 19.2. The van der Waals surface area contributed by atoms with Crippen molar-refractivity contribution < 1.29 is 5.11 Å². The largest absolute Gasteiger partial charge is 0.395 e. The van der Waals surface area contributed by atoms with E-state index in [1.165, 1.54) is 0 Å². The fourth-order valence-electron chi connectivity index (χ4n) is 1.55. The van der Waals surface area contributed by atoms with Gasteiger partial charge in [0.25, 0.3) is 0 Å². The molecule has 0 radical (unpaired) electrons. The van der Waals surface area contributed by atoms with Gasteiger partial charge >= 0.3 is 0 Å². The Morgan fingerprint density at radius 3 is 3.06 bits per heavy atom. The predicted molar refractivity (Wildman–Crippen MR) is 65.2 cm³/mol. The number of pyridine rings is 1. The van der Waals surface area contributed by atoms with Crippen LogP contribution in [0.4, 0.5) is 0 Å². The molecule has 0 unspecified atom stereocenters. The second kappa shape index (κ2) is 5.56. The van der Waals surface area contributed by atoms with Crippen LogP contribution < -0.4 is 5.32 Å². The van der Waals surface area contributed by atoms with Crippen molar-refractivity contribution >= 4 is 0 Å². The molecule has 17 heavy (non-hydrogen) atoms. The van der Waals surface area contributed by atoms with Crippen LogP contribution in [0, 0.1) is 0 Å². The van der Waals surface area contributed by atoms with Crippen LogP contribution in [0.5, 0.6) is 0 Å². The Morgan fingerprint density at radius 2 is 2.35 bits per heavy atom. The van der Waals surface area contributed by atoms with Gasteiger partial charge in [0.2, 0.25) is 0 Å². The highest BCUT2D eigenvalue weighted by Gasteiger charge is 2.08. The summed E-state index contributed by atoms with van der Waals surface area (Å²) >= 11 is 0. The molecular weight excluding hydrogens is 216 g/mol. The van der Waals surface area contributed by atoms with Gasteiger partial charge in [-0.25, -0.2) is 0 Å². The number of hydrogen-bond donors (Lipinski definition) is 3. The summed E-state index contributed by atoms with van der Waals surface area (Å²) in [6.45, 7) is 2.73. The Kier molecular flexibility index (Phi) is 3.85. The fraction of sp³-hybridized carbons (Fsp3) is 0.333. The van der Waals surface area contributed by atoms with Gasteiger partial charge in [0.15, 0.2) is 0 Å². The molecule has 2 aromatic rings. The summed E-state index contributed by atoms with van der Waals surface area (Å²) in [6.07, 6.45) is 5.33. The molecule has 0 aliphatic carbocycles. The lowest BCUT2D eigenvalue weighted by Crippen LogP contribution is -2.28. The van der Waals surface area contributed by atoms with Gasteiger partial charge in [-0.2, -0.15) is 5.10 Å². The first-order valence-corrected chi connectivity index (χ1v) is 5.58. The van der Waals surface area contributed by atoms with Gasteiger partial charge < -0.3 is 10.4 Å². The third kappa shape index (κ3) is 2.89. The minimum atomic E-state index is 0.0756. The molecular formula is C12H16N4O. The highest BCUT2D eigenvalue weighted by atomic mass is 16.3. The van der Waals surface area contributed by atoms with Gasteiger partial charge in [-0.3, -0.25) is 10.1 Å². The van der Waals surface area contributed by atoms with Crippen LogP contribution in [0.3, 0.4) is 0 Å².